The third-order valence-corrected chi connectivity index (χ3v) is 5.68. The largest absolute Gasteiger partial charge is 0.356 e. The highest BCUT2D eigenvalue weighted by Gasteiger charge is 2.44. The van der Waals surface area contributed by atoms with Crippen molar-refractivity contribution in [1.82, 2.24) is 10.4 Å². The summed E-state index contributed by atoms with van der Waals surface area (Å²) in [6.45, 7) is 0.602. The molecule has 1 aliphatic heterocycles. The van der Waals surface area contributed by atoms with Crippen LogP contribution in [-0.4, -0.2) is 28.6 Å². The summed E-state index contributed by atoms with van der Waals surface area (Å²) in [7, 11) is 0. The average Bonchev–Trinajstić information content (AvgIpc) is 3.00. The molecule has 1 heterocycles. The van der Waals surface area contributed by atoms with Crippen LogP contribution in [0.25, 0.3) is 0 Å². The third kappa shape index (κ3) is 3.32. The molecule has 1 aliphatic carbocycles. The lowest BCUT2D eigenvalue weighted by Gasteiger charge is -2.32. The molecule has 1 spiro atoms. The van der Waals surface area contributed by atoms with Crippen LogP contribution in [0.3, 0.4) is 0 Å². The van der Waals surface area contributed by atoms with Gasteiger partial charge in [0.05, 0.1) is 12.0 Å². The van der Waals surface area contributed by atoms with E-state index in [1.807, 2.05) is 6.07 Å². The van der Waals surface area contributed by atoms with Gasteiger partial charge in [0.1, 0.15) is 5.82 Å². The average molecular weight is 368 g/mol. The van der Waals surface area contributed by atoms with E-state index in [1.165, 1.54) is 18.2 Å². The Labute approximate surface area is 156 Å². The molecule has 0 radical (unpaired) electrons. The molecule has 6 heteroatoms. The topological polar surface area (TPSA) is 69.6 Å². The maximum Gasteiger partial charge on any atom is 0.277 e. The van der Waals surface area contributed by atoms with Crippen molar-refractivity contribution < 1.29 is 19.2 Å². The van der Waals surface area contributed by atoms with E-state index in [0.29, 0.717) is 29.2 Å². The number of amides is 2. The predicted molar refractivity (Wildman–Crippen MR) is 96.6 cm³/mol. The molecule has 1 saturated heterocycles. The van der Waals surface area contributed by atoms with Gasteiger partial charge >= 0.3 is 0 Å². The number of hydrogen-bond donors (Lipinski definition) is 2. The van der Waals surface area contributed by atoms with E-state index < -0.39 is 11.7 Å². The van der Waals surface area contributed by atoms with Gasteiger partial charge < -0.3 is 5.32 Å². The molecule has 5 nitrogen and oxygen atoms in total. The highest BCUT2D eigenvalue weighted by Crippen LogP contribution is 2.41. The van der Waals surface area contributed by atoms with E-state index in [1.54, 1.807) is 18.2 Å². The van der Waals surface area contributed by atoms with Gasteiger partial charge in [0.25, 0.3) is 5.91 Å². The van der Waals surface area contributed by atoms with E-state index in [0.717, 1.165) is 30.4 Å². The minimum Gasteiger partial charge on any atom is -0.356 e. The van der Waals surface area contributed by atoms with Crippen molar-refractivity contribution in [2.45, 2.75) is 32.2 Å². The van der Waals surface area contributed by atoms with Crippen molar-refractivity contribution in [3.8, 4) is 0 Å². The monoisotopic (exact) mass is 368 g/mol. The van der Waals surface area contributed by atoms with E-state index in [-0.39, 0.29) is 17.9 Å². The minimum atomic E-state index is -0.544. The van der Waals surface area contributed by atoms with Gasteiger partial charge in [-0.05, 0) is 66.6 Å². The first-order chi connectivity index (χ1) is 13.0. The van der Waals surface area contributed by atoms with Crippen LogP contribution in [0.1, 0.15) is 39.9 Å². The molecule has 27 heavy (non-hydrogen) atoms. The summed E-state index contributed by atoms with van der Waals surface area (Å²) in [4.78, 5) is 24.9. The van der Waals surface area contributed by atoms with E-state index >= 15 is 0 Å². The molecular weight excluding hydrogens is 347 g/mol. The first kappa shape index (κ1) is 17.7. The van der Waals surface area contributed by atoms with E-state index in [4.69, 9.17) is 0 Å². The number of halogens is 1. The summed E-state index contributed by atoms with van der Waals surface area (Å²) in [5.74, 6) is -0.861. The number of aryl methyl sites for hydroxylation is 1. The Bertz CT molecular complexity index is 914. The Balaban J connectivity index is 1.53. The molecule has 1 fully saturated rings. The number of hydrogen-bond acceptors (Lipinski definition) is 3. The van der Waals surface area contributed by atoms with Crippen molar-refractivity contribution in [3.05, 3.63) is 70.5 Å². The van der Waals surface area contributed by atoms with Crippen LogP contribution in [-0.2, 0) is 24.2 Å². The van der Waals surface area contributed by atoms with Crippen LogP contribution in [0.15, 0.2) is 42.5 Å². The zero-order valence-electron chi connectivity index (χ0n) is 14.9. The fourth-order valence-corrected chi connectivity index (χ4v) is 4.15. The number of carbonyl (C=O) groups is 2. The van der Waals surface area contributed by atoms with E-state index in [2.05, 4.69) is 5.32 Å². The van der Waals surface area contributed by atoms with Crippen molar-refractivity contribution in [1.29, 1.82) is 0 Å². The van der Waals surface area contributed by atoms with Gasteiger partial charge in [-0.2, -0.15) is 0 Å². The number of rotatable bonds is 3. The summed E-state index contributed by atoms with van der Waals surface area (Å²) in [6.07, 6.45) is 3.06. The van der Waals surface area contributed by atoms with Gasteiger partial charge in [0.15, 0.2) is 0 Å². The molecule has 2 amide bonds. The number of nitrogens with zero attached hydrogens (tertiary/aromatic N) is 1. The molecule has 0 unspecified atom stereocenters. The van der Waals surface area contributed by atoms with Gasteiger partial charge in [-0.1, -0.05) is 18.2 Å². The molecule has 2 N–H and O–H groups in total. The first-order valence-electron chi connectivity index (χ1n) is 9.12. The Morgan fingerprint density at radius 2 is 2.04 bits per heavy atom. The highest BCUT2D eigenvalue weighted by atomic mass is 19.1. The van der Waals surface area contributed by atoms with Crippen molar-refractivity contribution in [2.75, 3.05) is 6.54 Å². The zero-order chi connectivity index (χ0) is 19.0. The summed E-state index contributed by atoms with van der Waals surface area (Å²) < 4.78 is 13.3. The molecule has 4 rings (SSSR count). The van der Waals surface area contributed by atoms with Crippen molar-refractivity contribution in [2.24, 2.45) is 5.41 Å². The number of fused-ring (bicyclic) bond motifs is 1. The SMILES string of the molecule is O=C(c1ccc2c(c1)C[C@]1(CCNC1=O)CC2)N(O)Cc1cccc(F)c1. The second-order valence-corrected chi connectivity index (χ2v) is 7.44. The maximum atomic E-state index is 13.3. The Hall–Kier alpha value is -2.73. The zero-order valence-corrected chi connectivity index (χ0v) is 14.9. The van der Waals surface area contributed by atoms with Crippen LogP contribution >= 0.6 is 0 Å². The number of nitrogens with one attached hydrogen (secondary N) is 1. The molecule has 2 aromatic carbocycles. The van der Waals surface area contributed by atoms with Gasteiger partial charge in [-0.15, -0.1) is 0 Å². The number of hydroxylamine groups is 2. The lowest BCUT2D eigenvalue weighted by Crippen LogP contribution is -2.36. The van der Waals surface area contributed by atoms with Crippen LogP contribution in [0, 0.1) is 11.2 Å². The Morgan fingerprint density at radius 1 is 1.19 bits per heavy atom. The van der Waals surface area contributed by atoms with Crippen LogP contribution in [0.4, 0.5) is 4.39 Å². The Morgan fingerprint density at radius 3 is 2.78 bits per heavy atom. The second-order valence-electron chi connectivity index (χ2n) is 7.44. The lowest BCUT2D eigenvalue weighted by atomic mass is 9.70. The molecule has 2 aliphatic rings. The van der Waals surface area contributed by atoms with Crippen LogP contribution in [0.2, 0.25) is 0 Å². The second kappa shape index (κ2) is 6.78. The number of benzene rings is 2. The molecular formula is C21H21FN2O3. The van der Waals surface area contributed by atoms with Gasteiger partial charge in [-0.25, -0.2) is 9.45 Å². The summed E-state index contributed by atoms with van der Waals surface area (Å²) in [5, 5.41) is 13.7. The first-order valence-corrected chi connectivity index (χ1v) is 9.12. The van der Waals surface area contributed by atoms with Gasteiger partial charge in [0.2, 0.25) is 5.91 Å². The fraction of sp³-hybridized carbons (Fsp3) is 0.333. The molecule has 140 valence electrons. The Kier molecular flexibility index (Phi) is 4.44. The summed E-state index contributed by atoms with van der Waals surface area (Å²) in [5.41, 5.74) is 2.64. The van der Waals surface area contributed by atoms with Crippen LogP contribution < -0.4 is 5.32 Å². The lowest BCUT2D eigenvalue weighted by molar-refractivity contribution is -0.128. The predicted octanol–water partition coefficient (Wildman–Crippen LogP) is 2.85. The van der Waals surface area contributed by atoms with Gasteiger partial charge in [0, 0.05) is 12.1 Å². The molecule has 1 atom stereocenters. The summed E-state index contributed by atoms with van der Waals surface area (Å²) in [6, 6.07) is 11.2. The summed E-state index contributed by atoms with van der Waals surface area (Å²) >= 11 is 0. The smallest absolute Gasteiger partial charge is 0.277 e. The molecule has 0 saturated carbocycles. The normalized spacial score (nSPS) is 21.0. The van der Waals surface area contributed by atoms with Crippen molar-refractivity contribution in [3.63, 3.8) is 0 Å². The van der Waals surface area contributed by atoms with Gasteiger partial charge in [-0.3, -0.25) is 14.8 Å². The number of carbonyl (C=O) groups excluding carboxylic acids is 2. The molecule has 0 bridgehead atoms. The highest BCUT2D eigenvalue weighted by molar-refractivity contribution is 5.94. The molecule has 2 aromatic rings. The standard InChI is InChI=1S/C21H21FN2O3/c22-18-3-1-2-14(10-18)13-24(27)19(25)16-5-4-15-6-7-21(12-17(15)11-16)8-9-23-20(21)26/h1-5,10-11,27H,6-9,12-13H2,(H,23,26)/t21-/m1/s1. The minimum absolute atomic E-state index is 0.0970. The quantitative estimate of drug-likeness (QED) is 0.647. The van der Waals surface area contributed by atoms with Crippen LogP contribution in [0.5, 0.6) is 0 Å². The molecule has 0 aromatic heterocycles. The van der Waals surface area contributed by atoms with Crippen molar-refractivity contribution >= 4 is 11.8 Å². The maximum absolute atomic E-state index is 13.3. The fourth-order valence-electron chi connectivity index (χ4n) is 4.15. The third-order valence-electron chi connectivity index (χ3n) is 5.68. The van der Waals surface area contributed by atoms with E-state index in [9.17, 15) is 19.2 Å².